The second-order valence-corrected chi connectivity index (χ2v) is 8.55. The molecule has 1 aliphatic heterocycles. The average Bonchev–Trinajstić information content (AvgIpc) is 2.73. The Bertz CT molecular complexity index is 922. The van der Waals surface area contributed by atoms with Gasteiger partial charge >= 0.3 is 0 Å². The first-order valence-electron chi connectivity index (χ1n) is 9.99. The quantitative estimate of drug-likeness (QED) is 0.654. The number of carbonyl (C=O) groups excluding carboxylic acids is 1. The Morgan fingerprint density at radius 2 is 1.59 bits per heavy atom. The van der Waals surface area contributed by atoms with E-state index in [-0.39, 0.29) is 11.8 Å². The van der Waals surface area contributed by atoms with Crippen LogP contribution in [0.25, 0.3) is 0 Å². The molecule has 4 nitrogen and oxygen atoms in total. The summed E-state index contributed by atoms with van der Waals surface area (Å²) >= 11 is 12.5. The smallest absolute Gasteiger partial charge is 0.252 e. The Labute approximate surface area is 180 Å². The van der Waals surface area contributed by atoms with E-state index in [1.807, 2.05) is 18.2 Å². The van der Waals surface area contributed by atoms with Crippen molar-refractivity contribution < 1.29 is 9.90 Å². The first kappa shape index (κ1) is 20.3. The molecule has 1 heterocycles. The predicted octanol–water partition coefficient (Wildman–Crippen LogP) is 4.76. The van der Waals surface area contributed by atoms with Gasteiger partial charge in [-0.05, 0) is 54.7 Å². The molecule has 152 valence electrons. The highest BCUT2D eigenvalue weighted by Crippen LogP contribution is 2.40. The van der Waals surface area contributed by atoms with E-state index in [2.05, 4.69) is 34.9 Å². The van der Waals surface area contributed by atoms with Gasteiger partial charge in [0.25, 0.3) is 5.91 Å². The first-order chi connectivity index (χ1) is 14.0. The topological polar surface area (TPSA) is 61.4 Å². The number of aliphatic hydroxyl groups excluding tert-OH is 1. The summed E-state index contributed by atoms with van der Waals surface area (Å²) in [6, 6.07) is 16.0. The summed E-state index contributed by atoms with van der Waals surface area (Å²) in [5.74, 6) is 0.498. The maximum Gasteiger partial charge on any atom is 0.252 e. The van der Waals surface area contributed by atoms with Crippen LogP contribution in [0.2, 0.25) is 10.0 Å². The second kappa shape index (κ2) is 8.78. The van der Waals surface area contributed by atoms with Crippen LogP contribution in [0.4, 0.5) is 0 Å². The molecule has 2 aromatic carbocycles. The van der Waals surface area contributed by atoms with Crippen LogP contribution >= 0.6 is 23.2 Å². The zero-order valence-corrected chi connectivity index (χ0v) is 17.5. The average molecular weight is 431 g/mol. The summed E-state index contributed by atoms with van der Waals surface area (Å²) in [7, 11) is 0. The number of halogens is 2. The van der Waals surface area contributed by atoms with E-state index in [4.69, 9.17) is 23.2 Å². The molecule has 0 bridgehead atoms. The monoisotopic (exact) mass is 430 g/mol. The van der Waals surface area contributed by atoms with E-state index in [0.717, 1.165) is 36.9 Å². The zero-order chi connectivity index (χ0) is 20.4. The standard InChI is InChI=1S/C23H24Cl2N2O2/c24-19-8-4-7-17(20(19)25)13-18-21(26-23(29)27-22(18)28)16-11-9-15(10-12-16)14-5-2-1-3-6-14/h1-8,15-16,23,26,29H,9-13H2,(H,27,28). The van der Waals surface area contributed by atoms with E-state index in [1.54, 1.807) is 6.07 Å². The van der Waals surface area contributed by atoms with Gasteiger partial charge in [0, 0.05) is 17.7 Å². The third-order valence-corrected chi connectivity index (χ3v) is 6.82. The molecule has 3 N–H and O–H groups in total. The summed E-state index contributed by atoms with van der Waals surface area (Å²) in [6.07, 6.45) is 3.36. The lowest BCUT2D eigenvalue weighted by atomic mass is 9.76. The molecule has 1 fully saturated rings. The van der Waals surface area contributed by atoms with Crippen molar-refractivity contribution in [2.24, 2.45) is 5.92 Å². The minimum Gasteiger partial charge on any atom is -0.356 e. The van der Waals surface area contributed by atoms with Gasteiger partial charge in [0.2, 0.25) is 6.35 Å². The van der Waals surface area contributed by atoms with Gasteiger partial charge in [0.05, 0.1) is 10.0 Å². The van der Waals surface area contributed by atoms with Crippen molar-refractivity contribution in [3.63, 3.8) is 0 Å². The van der Waals surface area contributed by atoms with Gasteiger partial charge in [-0.15, -0.1) is 0 Å². The molecule has 2 aliphatic rings. The predicted molar refractivity (Wildman–Crippen MR) is 116 cm³/mol. The Morgan fingerprint density at radius 1 is 0.897 bits per heavy atom. The van der Waals surface area contributed by atoms with Crippen LogP contribution < -0.4 is 10.6 Å². The van der Waals surface area contributed by atoms with Crippen molar-refractivity contribution in [2.75, 3.05) is 0 Å². The van der Waals surface area contributed by atoms with Gasteiger partial charge in [-0.25, -0.2) is 0 Å². The van der Waals surface area contributed by atoms with Gasteiger partial charge in [-0.3, -0.25) is 4.79 Å². The molecule has 1 saturated carbocycles. The summed E-state index contributed by atoms with van der Waals surface area (Å²) in [6.45, 7) is 0. The Hall–Kier alpha value is -2.01. The highest BCUT2D eigenvalue weighted by atomic mass is 35.5. The number of aliphatic hydroxyl groups is 1. The van der Waals surface area contributed by atoms with E-state index in [0.29, 0.717) is 28.0 Å². The maximum atomic E-state index is 12.7. The fourth-order valence-electron chi connectivity index (χ4n) is 4.46. The number of hydrogen-bond donors (Lipinski definition) is 3. The van der Waals surface area contributed by atoms with Crippen LogP contribution in [-0.4, -0.2) is 17.4 Å². The lowest BCUT2D eigenvalue weighted by molar-refractivity contribution is -0.122. The van der Waals surface area contributed by atoms with Gasteiger partial charge in [0.15, 0.2) is 0 Å². The van der Waals surface area contributed by atoms with Gasteiger partial charge in [0.1, 0.15) is 0 Å². The normalized spacial score (nSPS) is 24.8. The SMILES string of the molecule is O=C1NC(O)NC(C2CCC(c3ccccc3)CC2)=C1Cc1cccc(Cl)c1Cl. The summed E-state index contributed by atoms with van der Waals surface area (Å²) in [4.78, 5) is 12.7. The molecule has 29 heavy (non-hydrogen) atoms. The molecular weight excluding hydrogens is 407 g/mol. The minimum atomic E-state index is -1.07. The zero-order valence-electron chi connectivity index (χ0n) is 16.0. The van der Waals surface area contributed by atoms with Gasteiger partial charge in [-0.1, -0.05) is 65.7 Å². The van der Waals surface area contributed by atoms with Gasteiger partial charge < -0.3 is 15.7 Å². The summed E-state index contributed by atoms with van der Waals surface area (Å²) in [5.41, 5.74) is 3.64. The van der Waals surface area contributed by atoms with Crippen LogP contribution in [0.1, 0.15) is 42.7 Å². The van der Waals surface area contributed by atoms with Crippen molar-refractivity contribution in [1.82, 2.24) is 10.6 Å². The number of benzene rings is 2. The summed E-state index contributed by atoms with van der Waals surface area (Å²) < 4.78 is 0. The molecule has 1 amide bonds. The van der Waals surface area contributed by atoms with Crippen molar-refractivity contribution in [1.29, 1.82) is 0 Å². The van der Waals surface area contributed by atoms with Crippen molar-refractivity contribution in [2.45, 2.75) is 44.4 Å². The number of rotatable bonds is 4. The highest BCUT2D eigenvalue weighted by molar-refractivity contribution is 6.42. The summed E-state index contributed by atoms with van der Waals surface area (Å²) in [5, 5.41) is 16.7. The largest absolute Gasteiger partial charge is 0.356 e. The first-order valence-corrected chi connectivity index (χ1v) is 10.7. The number of nitrogens with one attached hydrogen (secondary N) is 2. The number of carbonyl (C=O) groups is 1. The van der Waals surface area contributed by atoms with E-state index in [9.17, 15) is 9.90 Å². The maximum absolute atomic E-state index is 12.7. The third kappa shape index (κ3) is 4.45. The lowest BCUT2D eigenvalue weighted by Crippen LogP contribution is -2.52. The molecule has 1 unspecified atom stereocenters. The molecule has 1 atom stereocenters. The molecule has 0 spiro atoms. The van der Waals surface area contributed by atoms with Crippen molar-refractivity contribution >= 4 is 29.1 Å². The molecule has 0 aromatic heterocycles. The Morgan fingerprint density at radius 3 is 2.31 bits per heavy atom. The fourth-order valence-corrected chi connectivity index (χ4v) is 4.85. The van der Waals surface area contributed by atoms with Crippen LogP contribution in [0.5, 0.6) is 0 Å². The number of allylic oxidation sites excluding steroid dienone is 1. The molecule has 1 aliphatic carbocycles. The molecule has 4 rings (SSSR count). The van der Waals surface area contributed by atoms with E-state index in [1.165, 1.54) is 5.56 Å². The molecule has 0 saturated heterocycles. The third-order valence-electron chi connectivity index (χ3n) is 5.96. The lowest BCUT2D eigenvalue weighted by Gasteiger charge is -2.35. The fraction of sp³-hybridized carbons (Fsp3) is 0.348. The highest BCUT2D eigenvalue weighted by Gasteiger charge is 2.32. The Kier molecular flexibility index (Phi) is 6.14. The van der Waals surface area contributed by atoms with Crippen LogP contribution in [-0.2, 0) is 11.2 Å². The van der Waals surface area contributed by atoms with Crippen molar-refractivity contribution in [3.8, 4) is 0 Å². The van der Waals surface area contributed by atoms with Crippen LogP contribution in [0.3, 0.4) is 0 Å². The molecule has 6 heteroatoms. The number of hydrogen-bond acceptors (Lipinski definition) is 3. The second-order valence-electron chi connectivity index (χ2n) is 7.76. The molecule has 2 aromatic rings. The molecular formula is C23H24Cl2N2O2. The molecule has 0 radical (unpaired) electrons. The minimum absolute atomic E-state index is 0.212. The van der Waals surface area contributed by atoms with Gasteiger partial charge in [-0.2, -0.15) is 0 Å². The van der Waals surface area contributed by atoms with E-state index >= 15 is 0 Å². The Balaban J connectivity index is 1.57. The van der Waals surface area contributed by atoms with Crippen LogP contribution in [0, 0.1) is 5.92 Å². The van der Waals surface area contributed by atoms with Crippen LogP contribution in [0.15, 0.2) is 59.8 Å². The van der Waals surface area contributed by atoms with E-state index < -0.39 is 6.35 Å². The number of amides is 1. The van der Waals surface area contributed by atoms with Crippen molar-refractivity contribution in [3.05, 3.63) is 81.0 Å².